The van der Waals surface area contributed by atoms with Crippen molar-refractivity contribution >= 4 is 5.97 Å². The second-order valence-electron chi connectivity index (χ2n) is 4.22. The largest absolute Gasteiger partial charge is 0.480 e. The Bertz CT molecular complexity index is 455. The summed E-state index contributed by atoms with van der Waals surface area (Å²) in [5.41, 5.74) is 4.03. The summed E-state index contributed by atoms with van der Waals surface area (Å²) >= 11 is 0. The summed E-state index contributed by atoms with van der Waals surface area (Å²) in [6, 6.07) is 4.45. The van der Waals surface area contributed by atoms with E-state index >= 15 is 0 Å². The van der Waals surface area contributed by atoms with Crippen LogP contribution in [-0.4, -0.2) is 16.6 Å². The molecule has 0 aromatic heterocycles. The predicted molar refractivity (Wildman–Crippen MR) is 53.4 cm³/mol. The summed E-state index contributed by atoms with van der Waals surface area (Å²) in [7, 11) is 0. The molecule has 0 bridgehead atoms. The van der Waals surface area contributed by atoms with Crippen molar-refractivity contribution in [2.75, 3.05) is 0 Å². The van der Waals surface area contributed by atoms with Gasteiger partial charge in [0.2, 0.25) is 0 Å². The molecule has 1 saturated carbocycles. The minimum Gasteiger partial charge on any atom is -0.480 e. The summed E-state index contributed by atoms with van der Waals surface area (Å²) in [6.45, 7) is 0. The van der Waals surface area contributed by atoms with Crippen LogP contribution >= 0.6 is 0 Å². The van der Waals surface area contributed by atoms with Gasteiger partial charge >= 0.3 is 12.1 Å². The van der Waals surface area contributed by atoms with Crippen LogP contribution in [0.4, 0.5) is 13.2 Å². The highest BCUT2D eigenvalue weighted by Gasteiger charge is 2.58. The summed E-state index contributed by atoms with van der Waals surface area (Å²) in [6.07, 6.45) is -4.12. The third kappa shape index (κ3) is 2.00. The van der Waals surface area contributed by atoms with E-state index in [1.807, 2.05) is 0 Å². The van der Waals surface area contributed by atoms with Crippen LogP contribution in [0.3, 0.4) is 0 Å². The monoisotopic (exact) mass is 245 g/mol. The molecule has 1 aliphatic rings. The van der Waals surface area contributed by atoms with E-state index < -0.39 is 29.2 Å². The first-order valence-electron chi connectivity index (χ1n) is 4.94. The fourth-order valence-corrected chi connectivity index (χ4v) is 1.83. The SMILES string of the molecule is N[C@@]1(C(=O)O)C[C@@H]1c1ccc(C(F)(F)F)cc1. The van der Waals surface area contributed by atoms with Gasteiger partial charge in [0.05, 0.1) is 5.56 Å². The molecule has 0 aliphatic heterocycles. The zero-order chi connectivity index (χ0) is 12.8. The molecule has 3 N–H and O–H groups in total. The Kier molecular flexibility index (Phi) is 2.43. The first-order chi connectivity index (χ1) is 7.75. The summed E-state index contributed by atoms with van der Waals surface area (Å²) in [4.78, 5) is 10.8. The number of rotatable bonds is 2. The lowest BCUT2D eigenvalue weighted by molar-refractivity contribution is -0.140. The first-order valence-corrected chi connectivity index (χ1v) is 4.94. The molecular formula is C11H10F3NO2. The smallest absolute Gasteiger partial charge is 0.416 e. The lowest BCUT2D eigenvalue weighted by Gasteiger charge is -2.08. The standard InChI is InChI=1S/C11H10F3NO2/c12-11(13,14)7-3-1-6(2-4-7)8-5-10(8,15)9(16)17/h1-4,8H,5,15H2,(H,16,17)/t8-,10+/m1/s1. The van der Waals surface area contributed by atoms with E-state index in [2.05, 4.69) is 0 Å². The number of aliphatic carboxylic acids is 1. The van der Waals surface area contributed by atoms with Crippen molar-refractivity contribution in [2.45, 2.75) is 24.1 Å². The van der Waals surface area contributed by atoms with Crippen LogP contribution in [-0.2, 0) is 11.0 Å². The second-order valence-corrected chi connectivity index (χ2v) is 4.22. The van der Waals surface area contributed by atoms with Crippen molar-refractivity contribution in [1.29, 1.82) is 0 Å². The number of nitrogens with two attached hydrogens (primary N) is 1. The van der Waals surface area contributed by atoms with Crippen LogP contribution in [0.25, 0.3) is 0 Å². The van der Waals surface area contributed by atoms with Gasteiger partial charge in [-0.25, -0.2) is 0 Å². The van der Waals surface area contributed by atoms with Crippen molar-refractivity contribution in [2.24, 2.45) is 5.73 Å². The zero-order valence-electron chi connectivity index (χ0n) is 8.66. The molecule has 6 heteroatoms. The van der Waals surface area contributed by atoms with E-state index in [0.717, 1.165) is 12.1 Å². The zero-order valence-corrected chi connectivity index (χ0v) is 8.66. The highest BCUT2D eigenvalue weighted by molar-refractivity contribution is 5.84. The van der Waals surface area contributed by atoms with Crippen molar-refractivity contribution in [1.82, 2.24) is 0 Å². The molecule has 0 heterocycles. The van der Waals surface area contributed by atoms with Gasteiger partial charge in [-0.1, -0.05) is 12.1 Å². The highest BCUT2D eigenvalue weighted by atomic mass is 19.4. The van der Waals surface area contributed by atoms with Gasteiger partial charge in [-0.15, -0.1) is 0 Å². The molecule has 0 radical (unpaired) electrons. The van der Waals surface area contributed by atoms with Crippen molar-refractivity contribution in [3.05, 3.63) is 35.4 Å². The average Bonchev–Trinajstić information content (AvgIpc) is 2.91. The van der Waals surface area contributed by atoms with Crippen LogP contribution in [0.5, 0.6) is 0 Å². The van der Waals surface area contributed by atoms with Gasteiger partial charge in [0, 0.05) is 5.92 Å². The molecule has 2 atom stereocenters. The van der Waals surface area contributed by atoms with Crippen LogP contribution in [0.2, 0.25) is 0 Å². The van der Waals surface area contributed by atoms with E-state index in [1.54, 1.807) is 0 Å². The maximum Gasteiger partial charge on any atom is 0.416 e. The Morgan fingerprint density at radius 3 is 2.24 bits per heavy atom. The Morgan fingerprint density at radius 2 is 1.88 bits per heavy atom. The van der Waals surface area contributed by atoms with Crippen molar-refractivity contribution < 1.29 is 23.1 Å². The molecule has 0 saturated heterocycles. The molecule has 1 aromatic rings. The summed E-state index contributed by atoms with van der Waals surface area (Å²) in [5, 5.41) is 8.82. The van der Waals surface area contributed by atoms with Gasteiger partial charge in [-0.05, 0) is 24.1 Å². The Morgan fingerprint density at radius 1 is 1.35 bits per heavy atom. The molecule has 1 aliphatic carbocycles. The molecule has 17 heavy (non-hydrogen) atoms. The molecule has 0 spiro atoms. The van der Waals surface area contributed by atoms with E-state index in [0.29, 0.717) is 5.56 Å². The van der Waals surface area contributed by atoms with Gasteiger partial charge in [0.25, 0.3) is 0 Å². The first kappa shape index (κ1) is 11.9. The molecule has 0 unspecified atom stereocenters. The van der Waals surface area contributed by atoms with Gasteiger partial charge < -0.3 is 10.8 Å². The fraction of sp³-hybridized carbons (Fsp3) is 0.364. The summed E-state index contributed by atoms with van der Waals surface area (Å²) in [5.74, 6) is -1.52. The third-order valence-electron chi connectivity index (χ3n) is 3.04. The summed E-state index contributed by atoms with van der Waals surface area (Å²) < 4.78 is 36.9. The molecule has 0 amide bonds. The maximum atomic E-state index is 12.3. The van der Waals surface area contributed by atoms with Gasteiger partial charge in [0.15, 0.2) is 0 Å². The lowest BCUT2D eigenvalue weighted by atomic mass is 10.0. The van der Waals surface area contributed by atoms with E-state index in [4.69, 9.17) is 10.8 Å². The third-order valence-corrected chi connectivity index (χ3v) is 3.04. The number of hydrogen-bond donors (Lipinski definition) is 2. The average molecular weight is 245 g/mol. The minimum atomic E-state index is -4.38. The molecule has 92 valence electrons. The van der Waals surface area contributed by atoms with Crippen LogP contribution in [0, 0.1) is 0 Å². The second kappa shape index (κ2) is 3.46. The number of carboxylic acids is 1. The fourth-order valence-electron chi connectivity index (χ4n) is 1.83. The predicted octanol–water partition coefficient (Wildman–Crippen LogP) is 1.97. The highest BCUT2D eigenvalue weighted by Crippen LogP contribution is 2.49. The van der Waals surface area contributed by atoms with E-state index in [9.17, 15) is 18.0 Å². The van der Waals surface area contributed by atoms with Crippen LogP contribution in [0.1, 0.15) is 23.5 Å². The number of alkyl halides is 3. The molecular weight excluding hydrogens is 235 g/mol. The molecule has 1 fully saturated rings. The normalized spacial score (nSPS) is 27.9. The topological polar surface area (TPSA) is 63.3 Å². The number of carbonyl (C=O) groups is 1. The van der Waals surface area contributed by atoms with E-state index in [1.165, 1.54) is 12.1 Å². The Hall–Kier alpha value is -1.56. The number of halogens is 3. The van der Waals surface area contributed by atoms with Crippen LogP contribution in [0.15, 0.2) is 24.3 Å². The molecule has 2 rings (SSSR count). The van der Waals surface area contributed by atoms with Gasteiger partial charge in [-0.3, -0.25) is 4.79 Å². The Balaban J connectivity index is 2.19. The quantitative estimate of drug-likeness (QED) is 0.837. The van der Waals surface area contributed by atoms with Gasteiger partial charge in [-0.2, -0.15) is 13.2 Å². The lowest BCUT2D eigenvalue weighted by Crippen LogP contribution is -2.34. The minimum absolute atomic E-state index is 0.258. The van der Waals surface area contributed by atoms with E-state index in [-0.39, 0.29) is 6.42 Å². The Labute approximate surface area is 95.0 Å². The number of carboxylic acid groups (broad SMARTS) is 1. The van der Waals surface area contributed by atoms with Crippen molar-refractivity contribution in [3.8, 4) is 0 Å². The number of hydrogen-bond acceptors (Lipinski definition) is 2. The van der Waals surface area contributed by atoms with Crippen LogP contribution < -0.4 is 5.73 Å². The number of benzene rings is 1. The van der Waals surface area contributed by atoms with Gasteiger partial charge in [0.1, 0.15) is 5.54 Å². The molecule has 1 aromatic carbocycles. The molecule has 3 nitrogen and oxygen atoms in total. The maximum absolute atomic E-state index is 12.3. The van der Waals surface area contributed by atoms with Crippen molar-refractivity contribution in [3.63, 3.8) is 0 Å².